The second kappa shape index (κ2) is 4.06. The van der Waals surface area contributed by atoms with E-state index in [0.29, 0.717) is 0 Å². The number of ether oxygens (including phenoxy) is 1. The Kier molecular flexibility index (Phi) is 2.73. The van der Waals surface area contributed by atoms with E-state index in [0.717, 1.165) is 25.1 Å². The molecule has 2 heteroatoms. The molecule has 1 heterocycles. The highest BCUT2D eigenvalue weighted by molar-refractivity contribution is 4.94. The molecule has 2 nitrogen and oxygen atoms in total. The molecule has 0 aromatic heterocycles. The maximum atomic E-state index is 6.26. The molecule has 2 aliphatic carbocycles. The summed E-state index contributed by atoms with van der Waals surface area (Å²) in [7, 11) is 0. The van der Waals surface area contributed by atoms with Gasteiger partial charge in [-0.25, -0.2) is 0 Å². The fraction of sp³-hybridized carbons (Fsp3) is 1.00. The van der Waals surface area contributed by atoms with Gasteiger partial charge >= 0.3 is 0 Å². The van der Waals surface area contributed by atoms with E-state index in [-0.39, 0.29) is 5.60 Å². The van der Waals surface area contributed by atoms with E-state index in [9.17, 15) is 0 Å². The molecule has 0 radical (unpaired) electrons. The Balaban J connectivity index is 1.68. The molecule has 15 heavy (non-hydrogen) atoms. The second-order valence-corrected chi connectivity index (χ2v) is 5.73. The van der Waals surface area contributed by atoms with Crippen LogP contribution in [0.2, 0.25) is 0 Å². The quantitative estimate of drug-likeness (QED) is 0.662. The van der Waals surface area contributed by atoms with Crippen LogP contribution >= 0.6 is 0 Å². The standard InChI is InChI=1S/C13H23NO/c1-2-6-12-11(5-1)9-15-13(10-14-12)7-3-4-8-13/h11-12,14H,1-10H2. The molecule has 1 N–H and O–H groups in total. The fourth-order valence-corrected chi connectivity index (χ4v) is 3.67. The molecule has 0 aromatic rings. The second-order valence-electron chi connectivity index (χ2n) is 5.73. The van der Waals surface area contributed by atoms with E-state index in [1.54, 1.807) is 0 Å². The Bertz CT molecular complexity index is 205. The number of hydrogen-bond acceptors (Lipinski definition) is 2. The summed E-state index contributed by atoms with van der Waals surface area (Å²) >= 11 is 0. The van der Waals surface area contributed by atoms with E-state index in [1.807, 2.05) is 0 Å². The zero-order valence-electron chi connectivity index (χ0n) is 9.63. The summed E-state index contributed by atoms with van der Waals surface area (Å²) in [4.78, 5) is 0. The molecule has 2 saturated carbocycles. The van der Waals surface area contributed by atoms with Gasteiger partial charge < -0.3 is 10.1 Å². The highest BCUT2D eigenvalue weighted by Gasteiger charge is 2.40. The Hall–Kier alpha value is -0.0800. The molecule has 2 atom stereocenters. The van der Waals surface area contributed by atoms with Crippen molar-refractivity contribution in [2.45, 2.75) is 63.0 Å². The van der Waals surface area contributed by atoms with Gasteiger partial charge in [0.05, 0.1) is 12.2 Å². The minimum atomic E-state index is 0.233. The highest BCUT2D eigenvalue weighted by Crippen LogP contribution is 2.37. The van der Waals surface area contributed by atoms with Crippen LogP contribution in [0.4, 0.5) is 0 Å². The summed E-state index contributed by atoms with van der Waals surface area (Å²) < 4.78 is 6.26. The van der Waals surface area contributed by atoms with Crippen molar-refractivity contribution in [2.75, 3.05) is 13.2 Å². The smallest absolute Gasteiger partial charge is 0.0806 e. The van der Waals surface area contributed by atoms with Crippen molar-refractivity contribution in [1.29, 1.82) is 0 Å². The molecule has 1 aliphatic heterocycles. The Labute approximate surface area is 92.8 Å². The van der Waals surface area contributed by atoms with E-state index < -0.39 is 0 Å². The van der Waals surface area contributed by atoms with E-state index in [2.05, 4.69) is 5.32 Å². The highest BCUT2D eigenvalue weighted by atomic mass is 16.5. The van der Waals surface area contributed by atoms with Crippen molar-refractivity contribution < 1.29 is 4.74 Å². The van der Waals surface area contributed by atoms with Gasteiger partial charge in [0.15, 0.2) is 0 Å². The average molecular weight is 209 g/mol. The van der Waals surface area contributed by atoms with Gasteiger partial charge in [-0.15, -0.1) is 0 Å². The van der Waals surface area contributed by atoms with Crippen LogP contribution in [0.1, 0.15) is 51.4 Å². The summed E-state index contributed by atoms with van der Waals surface area (Å²) in [5.41, 5.74) is 0.233. The van der Waals surface area contributed by atoms with Crippen LogP contribution < -0.4 is 5.32 Å². The van der Waals surface area contributed by atoms with Gasteiger partial charge in [-0.3, -0.25) is 0 Å². The molecule has 0 bridgehead atoms. The fourth-order valence-electron chi connectivity index (χ4n) is 3.67. The molecule has 0 aromatic carbocycles. The van der Waals surface area contributed by atoms with Crippen LogP contribution in [0.3, 0.4) is 0 Å². The monoisotopic (exact) mass is 209 g/mol. The first-order valence-corrected chi connectivity index (χ1v) is 6.75. The maximum Gasteiger partial charge on any atom is 0.0806 e. The van der Waals surface area contributed by atoms with Crippen LogP contribution in [0.15, 0.2) is 0 Å². The first-order valence-electron chi connectivity index (χ1n) is 6.75. The molecular formula is C13H23NO. The Morgan fingerprint density at radius 3 is 2.67 bits per heavy atom. The van der Waals surface area contributed by atoms with Crippen molar-refractivity contribution in [2.24, 2.45) is 5.92 Å². The maximum absolute atomic E-state index is 6.26. The number of rotatable bonds is 0. The topological polar surface area (TPSA) is 21.3 Å². The van der Waals surface area contributed by atoms with Gasteiger partial charge in [0.1, 0.15) is 0 Å². The largest absolute Gasteiger partial charge is 0.373 e. The van der Waals surface area contributed by atoms with Crippen LogP contribution in [0.25, 0.3) is 0 Å². The van der Waals surface area contributed by atoms with E-state index >= 15 is 0 Å². The van der Waals surface area contributed by atoms with Gasteiger partial charge in [-0.1, -0.05) is 25.7 Å². The Morgan fingerprint density at radius 2 is 1.80 bits per heavy atom. The number of nitrogens with one attached hydrogen (secondary N) is 1. The van der Waals surface area contributed by atoms with Gasteiger partial charge in [-0.2, -0.15) is 0 Å². The Morgan fingerprint density at radius 1 is 1.00 bits per heavy atom. The zero-order valence-corrected chi connectivity index (χ0v) is 9.63. The van der Waals surface area contributed by atoms with Crippen molar-refractivity contribution in [3.05, 3.63) is 0 Å². The molecule has 2 unspecified atom stereocenters. The molecule has 1 saturated heterocycles. The summed E-state index contributed by atoms with van der Waals surface area (Å²) in [6, 6.07) is 0.763. The van der Waals surface area contributed by atoms with Crippen LogP contribution in [-0.2, 0) is 4.74 Å². The third kappa shape index (κ3) is 1.94. The van der Waals surface area contributed by atoms with Crippen molar-refractivity contribution in [1.82, 2.24) is 5.32 Å². The summed E-state index contributed by atoms with van der Waals surface area (Å²) in [5.74, 6) is 0.804. The van der Waals surface area contributed by atoms with Gasteiger partial charge in [0.25, 0.3) is 0 Å². The normalized spacial score (nSPS) is 40.0. The molecule has 0 amide bonds. The molecule has 3 fully saturated rings. The lowest BCUT2D eigenvalue weighted by Crippen LogP contribution is -2.43. The van der Waals surface area contributed by atoms with Gasteiger partial charge in [0.2, 0.25) is 0 Å². The first kappa shape index (κ1) is 10.1. The number of fused-ring (bicyclic) bond motifs is 1. The van der Waals surface area contributed by atoms with Crippen LogP contribution in [0, 0.1) is 5.92 Å². The lowest BCUT2D eigenvalue weighted by Gasteiger charge is -2.29. The molecule has 3 rings (SSSR count). The third-order valence-corrected chi connectivity index (χ3v) is 4.71. The van der Waals surface area contributed by atoms with Gasteiger partial charge in [0, 0.05) is 12.6 Å². The lowest BCUT2D eigenvalue weighted by molar-refractivity contribution is -0.0418. The summed E-state index contributed by atoms with van der Waals surface area (Å²) in [6.07, 6.45) is 10.9. The molecule has 86 valence electrons. The summed E-state index contributed by atoms with van der Waals surface area (Å²) in [6.45, 7) is 2.14. The van der Waals surface area contributed by atoms with E-state index in [4.69, 9.17) is 4.74 Å². The lowest BCUT2D eigenvalue weighted by atomic mass is 9.85. The minimum absolute atomic E-state index is 0.233. The van der Waals surface area contributed by atoms with Crippen LogP contribution in [-0.4, -0.2) is 24.8 Å². The molecule has 3 aliphatic rings. The zero-order chi connectivity index (χ0) is 10.1. The third-order valence-electron chi connectivity index (χ3n) is 4.71. The van der Waals surface area contributed by atoms with E-state index in [1.165, 1.54) is 51.4 Å². The summed E-state index contributed by atoms with van der Waals surface area (Å²) in [5, 5.41) is 3.79. The average Bonchev–Trinajstić information content (AvgIpc) is 2.65. The molecule has 1 spiro atoms. The van der Waals surface area contributed by atoms with Gasteiger partial charge in [-0.05, 0) is 31.6 Å². The number of hydrogen-bond donors (Lipinski definition) is 1. The van der Waals surface area contributed by atoms with Crippen molar-refractivity contribution in [3.8, 4) is 0 Å². The SMILES string of the molecule is C1CCC2NCC3(CCCC3)OCC2C1. The predicted octanol–water partition coefficient (Wildman–Crippen LogP) is 2.48. The minimum Gasteiger partial charge on any atom is -0.373 e. The predicted molar refractivity (Wildman–Crippen MR) is 60.9 cm³/mol. The first-order chi connectivity index (χ1) is 7.38. The van der Waals surface area contributed by atoms with Crippen molar-refractivity contribution >= 4 is 0 Å². The van der Waals surface area contributed by atoms with Crippen molar-refractivity contribution in [3.63, 3.8) is 0 Å². The molecular weight excluding hydrogens is 186 g/mol. The van der Waals surface area contributed by atoms with Crippen LogP contribution in [0.5, 0.6) is 0 Å².